The zero-order valence-corrected chi connectivity index (χ0v) is 11.7. The largest absolute Gasteiger partial charge is 0.507 e. The quantitative estimate of drug-likeness (QED) is 0.883. The van der Waals surface area contributed by atoms with Crippen LogP contribution in [0.2, 0.25) is 0 Å². The lowest BCUT2D eigenvalue weighted by Crippen LogP contribution is -1.95. The van der Waals surface area contributed by atoms with E-state index in [1.165, 1.54) is 16.7 Å². The second-order valence-electron chi connectivity index (χ2n) is 5.25. The highest BCUT2D eigenvalue weighted by atomic mass is 16.3. The van der Waals surface area contributed by atoms with Crippen LogP contribution in [0, 0.1) is 20.8 Å². The van der Waals surface area contributed by atoms with Crippen molar-refractivity contribution in [1.82, 2.24) is 0 Å². The summed E-state index contributed by atoms with van der Waals surface area (Å²) in [6.07, 6.45) is 0.816. The molecule has 2 aromatic carbocycles. The molecule has 19 heavy (non-hydrogen) atoms. The lowest BCUT2D eigenvalue weighted by Gasteiger charge is -2.10. The van der Waals surface area contributed by atoms with Gasteiger partial charge in [-0.3, -0.25) is 0 Å². The van der Waals surface area contributed by atoms with Crippen LogP contribution in [0.3, 0.4) is 0 Å². The van der Waals surface area contributed by atoms with Gasteiger partial charge in [-0.1, -0.05) is 35.4 Å². The minimum atomic E-state index is -0.132. The highest BCUT2D eigenvalue weighted by molar-refractivity contribution is 5.44. The second-order valence-corrected chi connectivity index (χ2v) is 5.25. The molecule has 2 nitrogen and oxygen atoms in total. The van der Waals surface area contributed by atoms with Gasteiger partial charge in [0.1, 0.15) is 5.75 Å². The molecule has 2 N–H and O–H groups in total. The Hall–Kier alpha value is -1.80. The first-order chi connectivity index (χ1) is 8.99. The Morgan fingerprint density at radius 1 is 0.842 bits per heavy atom. The maximum Gasteiger partial charge on any atom is 0.124 e. The fourth-order valence-corrected chi connectivity index (χ4v) is 2.56. The van der Waals surface area contributed by atoms with Gasteiger partial charge in [-0.2, -0.15) is 0 Å². The summed E-state index contributed by atoms with van der Waals surface area (Å²) in [6, 6.07) is 10.4. The summed E-state index contributed by atoms with van der Waals surface area (Å²) in [7, 11) is 0. The van der Waals surface area contributed by atoms with E-state index < -0.39 is 0 Å². The Labute approximate surface area is 114 Å². The zero-order chi connectivity index (χ0) is 14.0. The van der Waals surface area contributed by atoms with Crippen LogP contribution in [0.5, 0.6) is 5.75 Å². The molecule has 0 heterocycles. The standard InChI is InChI=1S/C17H20O2/c1-11-4-12(2)6-14(5-11)8-15-7-13(3)17(19)16(9-15)10-18/h4-7,9,18-19H,8,10H2,1-3H3. The number of aromatic hydroxyl groups is 1. The van der Waals surface area contributed by atoms with Gasteiger partial charge in [0, 0.05) is 5.56 Å². The van der Waals surface area contributed by atoms with Crippen molar-refractivity contribution in [2.75, 3.05) is 0 Å². The summed E-state index contributed by atoms with van der Waals surface area (Å²) in [6.45, 7) is 5.92. The molecule has 0 fully saturated rings. The van der Waals surface area contributed by atoms with E-state index in [0.29, 0.717) is 5.56 Å². The predicted octanol–water partition coefficient (Wildman–Crippen LogP) is 3.40. The fraction of sp³-hybridized carbons (Fsp3) is 0.294. The van der Waals surface area contributed by atoms with E-state index in [4.69, 9.17) is 0 Å². The highest BCUT2D eigenvalue weighted by Crippen LogP contribution is 2.25. The Morgan fingerprint density at radius 2 is 1.42 bits per heavy atom. The molecule has 100 valence electrons. The lowest BCUT2D eigenvalue weighted by atomic mass is 9.97. The Kier molecular flexibility index (Phi) is 3.91. The molecule has 0 aliphatic heterocycles. The van der Waals surface area contributed by atoms with Crippen LogP contribution in [-0.2, 0) is 13.0 Å². The number of hydrogen-bond donors (Lipinski definition) is 2. The van der Waals surface area contributed by atoms with Crippen LogP contribution in [0.15, 0.2) is 30.3 Å². The third kappa shape index (κ3) is 3.15. The van der Waals surface area contributed by atoms with Crippen LogP contribution in [0.4, 0.5) is 0 Å². The Morgan fingerprint density at radius 3 is 2.00 bits per heavy atom. The van der Waals surface area contributed by atoms with Gasteiger partial charge >= 0.3 is 0 Å². The number of phenols is 1. The van der Waals surface area contributed by atoms with Crippen molar-refractivity contribution in [2.24, 2.45) is 0 Å². The van der Waals surface area contributed by atoms with Gasteiger partial charge in [-0.25, -0.2) is 0 Å². The van der Waals surface area contributed by atoms with Crippen LogP contribution in [0.1, 0.15) is 33.4 Å². The van der Waals surface area contributed by atoms with Gasteiger partial charge < -0.3 is 10.2 Å². The van der Waals surface area contributed by atoms with Crippen molar-refractivity contribution in [1.29, 1.82) is 0 Å². The number of aryl methyl sites for hydroxylation is 3. The molecular formula is C17H20O2. The molecule has 0 aliphatic rings. The summed E-state index contributed by atoms with van der Waals surface area (Å²) in [5.41, 5.74) is 6.29. The molecule has 0 bridgehead atoms. The zero-order valence-electron chi connectivity index (χ0n) is 11.7. The molecule has 0 atom stereocenters. The molecule has 0 saturated carbocycles. The lowest BCUT2D eigenvalue weighted by molar-refractivity contribution is 0.275. The maximum atomic E-state index is 9.82. The van der Waals surface area contributed by atoms with Crippen LogP contribution < -0.4 is 0 Å². The number of aliphatic hydroxyl groups excluding tert-OH is 1. The molecule has 0 aromatic heterocycles. The minimum absolute atomic E-state index is 0.132. The summed E-state index contributed by atoms with van der Waals surface area (Å²) in [5.74, 6) is 0.201. The van der Waals surface area contributed by atoms with E-state index in [1.54, 1.807) is 0 Å². The molecule has 0 saturated heterocycles. The van der Waals surface area contributed by atoms with Crippen LogP contribution >= 0.6 is 0 Å². The Balaban J connectivity index is 2.35. The van der Waals surface area contributed by atoms with Gasteiger partial charge in [-0.15, -0.1) is 0 Å². The average molecular weight is 256 g/mol. The molecule has 2 rings (SSSR count). The topological polar surface area (TPSA) is 40.5 Å². The van der Waals surface area contributed by atoms with E-state index in [-0.39, 0.29) is 12.4 Å². The summed E-state index contributed by atoms with van der Waals surface area (Å²) in [4.78, 5) is 0. The number of benzene rings is 2. The molecule has 0 unspecified atom stereocenters. The van der Waals surface area contributed by atoms with Gasteiger partial charge in [0.15, 0.2) is 0 Å². The Bertz CT molecular complexity index is 580. The summed E-state index contributed by atoms with van der Waals surface area (Å²) in [5, 5.41) is 19.1. The summed E-state index contributed by atoms with van der Waals surface area (Å²) >= 11 is 0. The monoisotopic (exact) mass is 256 g/mol. The van der Waals surface area contributed by atoms with E-state index in [0.717, 1.165) is 17.5 Å². The van der Waals surface area contributed by atoms with Crippen molar-refractivity contribution >= 4 is 0 Å². The first-order valence-corrected chi connectivity index (χ1v) is 6.49. The molecule has 2 heteroatoms. The number of rotatable bonds is 3. The molecule has 0 spiro atoms. The summed E-state index contributed by atoms with van der Waals surface area (Å²) < 4.78 is 0. The van der Waals surface area contributed by atoms with Crippen molar-refractivity contribution < 1.29 is 10.2 Å². The third-order valence-corrected chi connectivity index (χ3v) is 3.30. The highest BCUT2D eigenvalue weighted by Gasteiger charge is 2.07. The molecular weight excluding hydrogens is 236 g/mol. The number of aliphatic hydroxyl groups is 1. The van der Waals surface area contributed by atoms with Crippen molar-refractivity contribution in [2.45, 2.75) is 33.8 Å². The van der Waals surface area contributed by atoms with Crippen LogP contribution in [-0.4, -0.2) is 10.2 Å². The second kappa shape index (κ2) is 5.45. The molecule has 2 aromatic rings. The first-order valence-electron chi connectivity index (χ1n) is 6.49. The van der Waals surface area contributed by atoms with E-state index >= 15 is 0 Å². The molecule has 0 radical (unpaired) electrons. The molecule has 0 aliphatic carbocycles. The van der Waals surface area contributed by atoms with Crippen molar-refractivity contribution in [3.8, 4) is 5.75 Å². The van der Waals surface area contributed by atoms with Gasteiger partial charge in [0.05, 0.1) is 6.61 Å². The maximum absolute atomic E-state index is 9.82. The van der Waals surface area contributed by atoms with E-state index in [9.17, 15) is 10.2 Å². The average Bonchev–Trinajstić information content (AvgIpc) is 2.32. The van der Waals surface area contributed by atoms with E-state index in [1.807, 2.05) is 19.1 Å². The SMILES string of the molecule is Cc1cc(C)cc(Cc2cc(C)c(O)c(CO)c2)c1. The van der Waals surface area contributed by atoms with Gasteiger partial charge in [0.2, 0.25) is 0 Å². The van der Waals surface area contributed by atoms with Crippen molar-refractivity contribution in [3.05, 3.63) is 63.7 Å². The fourth-order valence-electron chi connectivity index (χ4n) is 2.56. The smallest absolute Gasteiger partial charge is 0.124 e. The third-order valence-electron chi connectivity index (χ3n) is 3.30. The van der Waals surface area contributed by atoms with Gasteiger partial charge in [-0.05, 0) is 49.9 Å². The first kappa shape index (κ1) is 13.6. The van der Waals surface area contributed by atoms with E-state index in [2.05, 4.69) is 32.0 Å². The predicted molar refractivity (Wildman–Crippen MR) is 77.5 cm³/mol. The van der Waals surface area contributed by atoms with Gasteiger partial charge in [0.25, 0.3) is 0 Å². The van der Waals surface area contributed by atoms with Crippen LogP contribution in [0.25, 0.3) is 0 Å². The normalized spacial score (nSPS) is 10.7. The van der Waals surface area contributed by atoms with Crippen molar-refractivity contribution in [3.63, 3.8) is 0 Å². The molecule has 0 amide bonds. The minimum Gasteiger partial charge on any atom is -0.507 e. The number of hydrogen-bond acceptors (Lipinski definition) is 2.